The molecule has 0 fully saturated rings. The van der Waals surface area contributed by atoms with Gasteiger partial charge < -0.3 is 15.0 Å². The van der Waals surface area contributed by atoms with Crippen molar-refractivity contribution >= 4 is 29.9 Å². The molecule has 0 aliphatic heterocycles. The minimum absolute atomic E-state index is 0. The van der Waals surface area contributed by atoms with E-state index in [1.807, 2.05) is 11.9 Å². The van der Waals surface area contributed by atoms with Crippen LogP contribution in [0, 0.1) is 0 Å². The Morgan fingerprint density at radius 1 is 1.42 bits per heavy atom. The quantitative estimate of drug-likeness (QED) is 0.294. The summed E-state index contributed by atoms with van der Waals surface area (Å²) in [5.74, 6) is 0.273. The number of hydrogen-bond acceptors (Lipinski definition) is 3. The topological polar surface area (TPSA) is 49.8 Å². The van der Waals surface area contributed by atoms with E-state index in [2.05, 4.69) is 22.2 Å². The van der Waals surface area contributed by atoms with E-state index in [0.29, 0.717) is 12.5 Å². The number of aromatic nitrogens is 1. The van der Waals surface area contributed by atoms with Crippen molar-refractivity contribution in [2.24, 2.45) is 4.99 Å². The molecule has 0 spiro atoms. The maximum atomic E-state index is 12.8. The van der Waals surface area contributed by atoms with Crippen LogP contribution in [0.15, 0.2) is 23.3 Å². The van der Waals surface area contributed by atoms with Crippen LogP contribution in [0.4, 0.5) is 13.2 Å². The fourth-order valence-electron chi connectivity index (χ4n) is 1.92. The Bertz CT molecular complexity index is 512. The first-order valence-electron chi connectivity index (χ1n) is 7.47. The molecule has 0 aliphatic rings. The zero-order valence-electron chi connectivity index (χ0n) is 14.1. The maximum Gasteiger partial charge on any atom is 0.421 e. The van der Waals surface area contributed by atoms with Gasteiger partial charge in [0.15, 0.2) is 5.96 Å². The third-order valence-electron chi connectivity index (χ3n) is 3.12. The maximum absolute atomic E-state index is 12.8. The average molecular weight is 460 g/mol. The van der Waals surface area contributed by atoms with Gasteiger partial charge in [0, 0.05) is 26.8 Å². The minimum Gasteiger partial charge on any atom is -0.475 e. The van der Waals surface area contributed by atoms with Crippen LogP contribution in [0.3, 0.4) is 0 Å². The fourth-order valence-corrected chi connectivity index (χ4v) is 1.92. The third-order valence-corrected chi connectivity index (χ3v) is 3.12. The molecule has 138 valence electrons. The summed E-state index contributed by atoms with van der Waals surface area (Å²) >= 11 is 0. The lowest BCUT2D eigenvalue weighted by atomic mass is 10.2. The summed E-state index contributed by atoms with van der Waals surface area (Å²) in [7, 11) is 3.57. The van der Waals surface area contributed by atoms with Gasteiger partial charge >= 0.3 is 6.18 Å². The van der Waals surface area contributed by atoms with Gasteiger partial charge in [-0.2, -0.15) is 13.2 Å². The number of halogens is 4. The molecule has 0 bridgehead atoms. The number of nitrogens with one attached hydrogen (secondary N) is 1. The van der Waals surface area contributed by atoms with Crippen molar-refractivity contribution in [2.45, 2.75) is 25.9 Å². The van der Waals surface area contributed by atoms with Gasteiger partial charge in [-0.25, -0.2) is 4.98 Å². The van der Waals surface area contributed by atoms with Crippen molar-refractivity contribution in [1.82, 2.24) is 15.2 Å². The average Bonchev–Trinajstić information content (AvgIpc) is 2.52. The van der Waals surface area contributed by atoms with Crippen LogP contribution < -0.4 is 10.1 Å². The van der Waals surface area contributed by atoms with Crippen LogP contribution in [-0.4, -0.2) is 49.6 Å². The summed E-state index contributed by atoms with van der Waals surface area (Å²) in [5.41, 5.74) is -0.871. The smallest absolute Gasteiger partial charge is 0.421 e. The largest absolute Gasteiger partial charge is 0.475 e. The number of unbranched alkanes of at least 4 members (excludes halogenated alkanes) is 1. The second-order valence-corrected chi connectivity index (χ2v) is 4.95. The SMILES string of the molecule is CCCCN(C)C(=NC)NCCOc1ncccc1C(F)(F)F.I. The van der Waals surface area contributed by atoms with Crippen molar-refractivity contribution in [2.75, 3.05) is 33.8 Å². The van der Waals surface area contributed by atoms with Gasteiger partial charge in [-0.1, -0.05) is 13.3 Å². The highest BCUT2D eigenvalue weighted by Crippen LogP contribution is 2.34. The number of alkyl halides is 3. The van der Waals surface area contributed by atoms with E-state index in [4.69, 9.17) is 4.74 Å². The summed E-state index contributed by atoms with van der Waals surface area (Å²) in [6, 6.07) is 2.19. The molecule has 1 aromatic rings. The molecule has 0 amide bonds. The molecule has 1 N–H and O–H groups in total. The molecule has 0 aromatic carbocycles. The molecule has 0 saturated carbocycles. The fraction of sp³-hybridized carbons (Fsp3) is 0.600. The van der Waals surface area contributed by atoms with Crippen molar-refractivity contribution in [1.29, 1.82) is 0 Å². The first kappa shape index (κ1) is 22.7. The standard InChI is InChI=1S/C15H23F3N4O.HI/c1-4-5-10-22(3)14(19-2)21-9-11-23-13-12(15(16,17)18)7-6-8-20-13;/h6-8H,4-5,9-11H2,1-3H3,(H,19,21);1H. The van der Waals surface area contributed by atoms with Crippen molar-refractivity contribution in [3.8, 4) is 5.88 Å². The molecule has 1 aromatic heterocycles. The van der Waals surface area contributed by atoms with Crippen LogP contribution in [-0.2, 0) is 6.18 Å². The molecule has 0 aliphatic carbocycles. The number of nitrogens with zero attached hydrogens (tertiary/aromatic N) is 3. The molecule has 0 atom stereocenters. The van der Waals surface area contributed by atoms with Gasteiger partial charge in [0.2, 0.25) is 5.88 Å². The lowest BCUT2D eigenvalue weighted by Gasteiger charge is -2.22. The molecular weight excluding hydrogens is 436 g/mol. The van der Waals surface area contributed by atoms with Crippen LogP contribution in [0.2, 0.25) is 0 Å². The van der Waals surface area contributed by atoms with E-state index in [-0.39, 0.29) is 30.6 Å². The molecular formula is C15H24F3IN4O. The minimum atomic E-state index is -4.48. The Hall–Kier alpha value is -1.26. The highest BCUT2D eigenvalue weighted by Gasteiger charge is 2.34. The number of hydrogen-bond donors (Lipinski definition) is 1. The molecule has 0 unspecified atom stereocenters. The predicted octanol–water partition coefficient (Wildman–Crippen LogP) is 3.40. The van der Waals surface area contributed by atoms with E-state index in [9.17, 15) is 13.2 Å². The normalized spacial score (nSPS) is 11.7. The summed E-state index contributed by atoms with van der Waals surface area (Å²) in [4.78, 5) is 9.73. The summed E-state index contributed by atoms with van der Waals surface area (Å²) < 4.78 is 43.6. The highest BCUT2D eigenvalue weighted by molar-refractivity contribution is 14.0. The Kier molecular flexibility index (Phi) is 10.7. The van der Waals surface area contributed by atoms with Crippen LogP contribution in [0.5, 0.6) is 5.88 Å². The second kappa shape index (κ2) is 11.3. The van der Waals surface area contributed by atoms with E-state index >= 15 is 0 Å². The van der Waals surface area contributed by atoms with Crippen LogP contribution in [0.1, 0.15) is 25.3 Å². The number of aliphatic imine (C=N–C) groups is 1. The van der Waals surface area contributed by atoms with Crippen molar-refractivity contribution < 1.29 is 17.9 Å². The molecule has 5 nitrogen and oxygen atoms in total. The number of guanidine groups is 1. The number of rotatable bonds is 7. The highest BCUT2D eigenvalue weighted by atomic mass is 127. The first-order chi connectivity index (χ1) is 10.9. The lowest BCUT2D eigenvalue weighted by molar-refractivity contribution is -0.139. The van der Waals surface area contributed by atoms with E-state index in [1.54, 1.807) is 7.05 Å². The Labute approximate surface area is 157 Å². The zero-order valence-corrected chi connectivity index (χ0v) is 16.4. The van der Waals surface area contributed by atoms with Gasteiger partial charge in [0.05, 0.1) is 6.54 Å². The Morgan fingerprint density at radius 3 is 2.71 bits per heavy atom. The van der Waals surface area contributed by atoms with Crippen molar-refractivity contribution in [3.05, 3.63) is 23.9 Å². The molecule has 9 heteroatoms. The van der Waals surface area contributed by atoms with Gasteiger partial charge in [0.25, 0.3) is 0 Å². The van der Waals surface area contributed by atoms with Crippen LogP contribution in [0.25, 0.3) is 0 Å². The van der Waals surface area contributed by atoms with Gasteiger partial charge in [0.1, 0.15) is 12.2 Å². The van der Waals surface area contributed by atoms with Gasteiger partial charge in [-0.05, 0) is 18.6 Å². The molecule has 24 heavy (non-hydrogen) atoms. The third kappa shape index (κ3) is 7.54. The Morgan fingerprint density at radius 2 is 2.12 bits per heavy atom. The van der Waals surface area contributed by atoms with E-state index in [0.717, 1.165) is 25.5 Å². The first-order valence-corrected chi connectivity index (χ1v) is 7.47. The summed E-state index contributed by atoms with van der Waals surface area (Å²) in [6.07, 6.45) is -1.09. The zero-order chi connectivity index (χ0) is 17.3. The summed E-state index contributed by atoms with van der Waals surface area (Å²) in [5, 5.41) is 3.05. The van der Waals surface area contributed by atoms with Gasteiger partial charge in [-0.15, -0.1) is 24.0 Å². The Balaban J connectivity index is 0.00000529. The van der Waals surface area contributed by atoms with E-state index < -0.39 is 17.6 Å². The number of pyridine rings is 1. The van der Waals surface area contributed by atoms with Crippen LogP contribution >= 0.6 is 24.0 Å². The monoisotopic (exact) mass is 460 g/mol. The van der Waals surface area contributed by atoms with Gasteiger partial charge in [-0.3, -0.25) is 4.99 Å². The molecule has 0 saturated heterocycles. The lowest BCUT2D eigenvalue weighted by Crippen LogP contribution is -2.41. The number of ether oxygens (including phenoxy) is 1. The van der Waals surface area contributed by atoms with E-state index in [1.165, 1.54) is 12.3 Å². The summed E-state index contributed by atoms with van der Waals surface area (Å²) in [6.45, 7) is 3.34. The predicted molar refractivity (Wildman–Crippen MR) is 99.0 cm³/mol. The van der Waals surface area contributed by atoms with Crippen molar-refractivity contribution in [3.63, 3.8) is 0 Å². The molecule has 1 rings (SSSR count). The second-order valence-electron chi connectivity index (χ2n) is 4.95. The molecule has 0 radical (unpaired) electrons. The molecule has 1 heterocycles.